The van der Waals surface area contributed by atoms with Gasteiger partial charge in [-0.15, -0.1) is 0 Å². The van der Waals surface area contributed by atoms with Gasteiger partial charge in [-0.1, -0.05) is 0 Å². The third-order valence-corrected chi connectivity index (χ3v) is 4.37. The van der Waals surface area contributed by atoms with Crippen LogP contribution in [0.2, 0.25) is 0 Å². The van der Waals surface area contributed by atoms with E-state index in [1.807, 2.05) is 0 Å². The number of ether oxygens (including phenoxy) is 6. The molecule has 0 N–H and O–H groups in total. The van der Waals surface area contributed by atoms with E-state index in [2.05, 4.69) is 4.74 Å². The minimum atomic E-state index is -1.95. The fraction of sp³-hybridized carbons (Fsp3) is 0.647. The minimum Gasteiger partial charge on any atom is -0.465 e. The quantitative estimate of drug-likeness (QED) is 0.234. The summed E-state index contributed by atoms with van der Waals surface area (Å²) < 4.78 is 31.6. The molecule has 12 heteroatoms. The Morgan fingerprint density at radius 1 is 0.931 bits per heavy atom. The SMILES string of the molecule is COC(=O)C12C=CC([C@@H]3O[C@H](COC(C)=O)[C@@H](OC(C)=O)[C@H]3OC(C)=O)(OO1)O2. The Labute approximate surface area is 164 Å². The number of methoxy groups -OCH3 is 1. The van der Waals surface area contributed by atoms with Gasteiger partial charge in [-0.05, 0) is 12.2 Å². The second-order valence-electron chi connectivity index (χ2n) is 6.53. The van der Waals surface area contributed by atoms with E-state index in [9.17, 15) is 19.2 Å². The molecule has 0 aromatic heterocycles. The number of hydrogen-bond donors (Lipinski definition) is 0. The maximum atomic E-state index is 12.0. The van der Waals surface area contributed by atoms with Crippen LogP contribution in [0, 0.1) is 0 Å². The molecule has 0 spiro atoms. The lowest BCUT2D eigenvalue weighted by molar-refractivity contribution is -0.353. The van der Waals surface area contributed by atoms with E-state index >= 15 is 0 Å². The standard InChI is InChI=1S/C17H20O12/c1-8(18)23-7-11-12(24-9(2)19)13(25-10(3)20)14(26-11)16-5-6-17(27-16,29-28-16)15(21)22-4/h5-6,11-14H,7H2,1-4H3/t11-,12-,13-,14-,16?,17?/m1/s1. The van der Waals surface area contributed by atoms with E-state index in [-0.39, 0.29) is 6.61 Å². The largest absolute Gasteiger partial charge is 0.465 e. The molecule has 3 rings (SSSR count). The van der Waals surface area contributed by atoms with Crippen LogP contribution in [0.5, 0.6) is 0 Å². The molecule has 29 heavy (non-hydrogen) atoms. The highest BCUT2D eigenvalue weighted by molar-refractivity contribution is 5.81. The van der Waals surface area contributed by atoms with Gasteiger partial charge in [0.2, 0.25) is 0 Å². The summed E-state index contributed by atoms with van der Waals surface area (Å²) in [6.45, 7) is 3.19. The van der Waals surface area contributed by atoms with Crippen molar-refractivity contribution in [3.05, 3.63) is 12.2 Å². The van der Waals surface area contributed by atoms with Crippen molar-refractivity contribution in [3.63, 3.8) is 0 Å². The Morgan fingerprint density at radius 2 is 1.59 bits per heavy atom. The highest BCUT2D eigenvalue weighted by atomic mass is 17.3. The second-order valence-corrected chi connectivity index (χ2v) is 6.53. The summed E-state index contributed by atoms with van der Waals surface area (Å²) in [5.74, 6) is -6.63. The maximum Gasteiger partial charge on any atom is 0.374 e. The van der Waals surface area contributed by atoms with Gasteiger partial charge in [0.1, 0.15) is 12.7 Å². The van der Waals surface area contributed by atoms with Crippen LogP contribution in [0.4, 0.5) is 0 Å². The van der Waals surface area contributed by atoms with E-state index in [4.69, 9.17) is 33.5 Å². The maximum absolute atomic E-state index is 12.0. The molecule has 0 aromatic rings. The van der Waals surface area contributed by atoms with Crippen molar-refractivity contribution in [2.24, 2.45) is 0 Å². The predicted octanol–water partition coefficient (Wildman–Crippen LogP) is -0.706. The van der Waals surface area contributed by atoms with Crippen LogP contribution >= 0.6 is 0 Å². The predicted molar refractivity (Wildman–Crippen MR) is 86.3 cm³/mol. The third kappa shape index (κ3) is 3.83. The van der Waals surface area contributed by atoms with Crippen LogP contribution in [-0.2, 0) is 57.4 Å². The lowest BCUT2D eigenvalue weighted by Crippen LogP contribution is -2.51. The summed E-state index contributed by atoms with van der Waals surface area (Å²) in [4.78, 5) is 56.7. The van der Waals surface area contributed by atoms with Crippen LogP contribution in [0.15, 0.2) is 12.2 Å². The average molecular weight is 416 g/mol. The molecular formula is C17H20O12. The molecule has 160 valence electrons. The lowest BCUT2D eigenvalue weighted by Gasteiger charge is -2.30. The van der Waals surface area contributed by atoms with E-state index in [0.29, 0.717) is 0 Å². The summed E-state index contributed by atoms with van der Waals surface area (Å²) in [5.41, 5.74) is 0. The molecule has 2 unspecified atom stereocenters. The fourth-order valence-corrected chi connectivity index (χ4v) is 3.27. The van der Waals surface area contributed by atoms with Crippen molar-refractivity contribution in [1.29, 1.82) is 0 Å². The van der Waals surface area contributed by atoms with Gasteiger partial charge in [0.05, 0.1) is 7.11 Å². The number of rotatable bonds is 6. The Balaban J connectivity index is 1.91. The highest BCUT2D eigenvalue weighted by Crippen LogP contribution is 2.48. The Kier molecular flexibility index (Phi) is 5.63. The number of hydrogen-bond acceptors (Lipinski definition) is 12. The zero-order chi connectivity index (χ0) is 21.4. The van der Waals surface area contributed by atoms with E-state index in [1.165, 1.54) is 19.1 Å². The molecule has 12 nitrogen and oxygen atoms in total. The van der Waals surface area contributed by atoms with Crippen LogP contribution in [0.1, 0.15) is 20.8 Å². The first-order valence-corrected chi connectivity index (χ1v) is 8.61. The third-order valence-electron chi connectivity index (χ3n) is 4.37. The first kappa shape index (κ1) is 21.2. The Morgan fingerprint density at radius 3 is 2.10 bits per heavy atom. The summed E-state index contributed by atoms with van der Waals surface area (Å²) in [7, 11) is 1.13. The monoisotopic (exact) mass is 416 g/mol. The van der Waals surface area contributed by atoms with Gasteiger partial charge in [0.25, 0.3) is 5.79 Å². The van der Waals surface area contributed by atoms with Crippen molar-refractivity contribution in [1.82, 2.24) is 0 Å². The van der Waals surface area contributed by atoms with Crippen LogP contribution in [-0.4, -0.2) is 73.6 Å². The molecule has 6 atom stereocenters. The van der Waals surface area contributed by atoms with Crippen LogP contribution in [0.3, 0.4) is 0 Å². The van der Waals surface area contributed by atoms with Gasteiger partial charge in [-0.3, -0.25) is 19.1 Å². The molecule has 0 amide bonds. The molecule has 2 saturated heterocycles. The zero-order valence-corrected chi connectivity index (χ0v) is 16.1. The van der Waals surface area contributed by atoms with Crippen molar-refractivity contribution in [3.8, 4) is 0 Å². The number of carbonyl (C=O) groups excluding carboxylic acids is 4. The molecule has 0 radical (unpaired) electrons. The summed E-state index contributed by atoms with van der Waals surface area (Å²) >= 11 is 0. The number of carbonyl (C=O) groups is 4. The molecule has 2 bridgehead atoms. The van der Waals surface area contributed by atoms with E-state index < -0.39 is 59.9 Å². The summed E-state index contributed by atoms with van der Waals surface area (Å²) in [6.07, 6.45) is -2.02. The zero-order valence-electron chi connectivity index (χ0n) is 16.1. The van der Waals surface area contributed by atoms with Crippen LogP contribution < -0.4 is 0 Å². The van der Waals surface area contributed by atoms with Gasteiger partial charge < -0.3 is 23.7 Å². The van der Waals surface area contributed by atoms with Crippen molar-refractivity contribution in [2.75, 3.05) is 13.7 Å². The average Bonchev–Trinajstić information content (AvgIpc) is 3.31. The highest BCUT2D eigenvalue weighted by Gasteiger charge is 2.69. The lowest BCUT2D eigenvalue weighted by atomic mass is 10.0. The van der Waals surface area contributed by atoms with Gasteiger partial charge in [0.15, 0.2) is 18.3 Å². The van der Waals surface area contributed by atoms with Gasteiger partial charge in [-0.25, -0.2) is 4.79 Å². The van der Waals surface area contributed by atoms with Gasteiger partial charge in [0, 0.05) is 20.8 Å². The molecule has 0 aliphatic carbocycles. The van der Waals surface area contributed by atoms with E-state index in [0.717, 1.165) is 21.0 Å². The molecular weight excluding hydrogens is 396 g/mol. The molecule has 0 saturated carbocycles. The van der Waals surface area contributed by atoms with Gasteiger partial charge in [-0.2, -0.15) is 9.78 Å². The second kappa shape index (κ2) is 7.71. The minimum absolute atomic E-state index is 0.301. The molecule has 3 aliphatic heterocycles. The first-order valence-electron chi connectivity index (χ1n) is 8.61. The fourth-order valence-electron chi connectivity index (χ4n) is 3.27. The number of esters is 4. The molecule has 3 aliphatic rings. The summed E-state index contributed by atoms with van der Waals surface area (Å²) in [5, 5.41) is 0. The van der Waals surface area contributed by atoms with Crippen molar-refractivity contribution in [2.45, 2.75) is 56.8 Å². The Bertz CT molecular complexity index is 747. The first-order chi connectivity index (χ1) is 13.6. The summed E-state index contributed by atoms with van der Waals surface area (Å²) in [6, 6.07) is 0. The van der Waals surface area contributed by atoms with Crippen molar-refractivity contribution >= 4 is 23.9 Å². The van der Waals surface area contributed by atoms with E-state index in [1.54, 1.807) is 0 Å². The van der Waals surface area contributed by atoms with Crippen molar-refractivity contribution < 1.29 is 57.4 Å². The molecule has 0 aromatic carbocycles. The smallest absolute Gasteiger partial charge is 0.374 e. The molecule has 2 fully saturated rings. The normalized spacial score (nSPS) is 37.2. The van der Waals surface area contributed by atoms with Crippen LogP contribution in [0.25, 0.3) is 0 Å². The number of fused-ring (bicyclic) bond motifs is 2. The topological polar surface area (TPSA) is 142 Å². The Hall–Kier alpha value is -2.54. The molecule has 3 heterocycles. The van der Waals surface area contributed by atoms with Gasteiger partial charge >= 0.3 is 29.7 Å².